The van der Waals surface area contributed by atoms with Gasteiger partial charge >= 0.3 is 0 Å². The van der Waals surface area contributed by atoms with Gasteiger partial charge in [0.1, 0.15) is 11.5 Å². The number of carbonyl (C=O) groups is 1. The van der Waals surface area contributed by atoms with Crippen LogP contribution in [0.1, 0.15) is 5.56 Å². The molecular weight excluding hydrogens is 410 g/mol. The highest BCUT2D eigenvalue weighted by Crippen LogP contribution is 2.30. The van der Waals surface area contributed by atoms with Gasteiger partial charge in [-0.1, -0.05) is 54.2 Å². The zero-order valence-corrected chi connectivity index (χ0v) is 18.2. The Kier molecular flexibility index (Phi) is 6.43. The minimum absolute atomic E-state index is 0.144. The molecule has 0 aliphatic heterocycles. The van der Waals surface area contributed by atoms with Crippen molar-refractivity contribution in [3.8, 4) is 11.5 Å². The van der Waals surface area contributed by atoms with Crippen LogP contribution in [0.4, 0.5) is 5.69 Å². The van der Waals surface area contributed by atoms with Crippen molar-refractivity contribution < 1.29 is 14.3 Å². The molecule has 0 fully saturated rings. The molecule has 0 spiro atoms. The Morgan fingerprint density at radius 3 is 2.55 bits per heavy atom. The molecule has 3 aromatic carbocycles. The van der Waals surface area contributed by atoms with Gasteiger partial charge in [0.2, 0.25) is 5.91 Å². The maximum atomic E-state index is 12.7. The topological polar surface area (TPSA) is 65.4 Å². The molecule has 0 bridgehead atoms. The van der Waals surface area contributed by atoms with Gasteiger partial charge in [-0.3, -0.25) is 4.79 Å². The number of amides is 1. The Bertz CT molecular complexity index is 1190. The number of anilines is 1. The fourth-order valence-electron chi connectivity index (χ4n) is 3.31. The van der Waals surface area contributed by atoms with E-state index in [9.17, 15) is 4.79 Å². The van der Waals surface area contributed by atoms with Gasteiger partial charge in [0.15, 0.2) is 5.16 Å². The Morgan fingerprint density at radius 1 is 1.00 bits per heavy atom. The minimum atomic E-state index is -0.144. The average molecular weight is 434 g/mol. The van der Waals surface area contributed by atoms with E-state index in [1.807, 2.05) is 36.4 Å². The number of aromatic nitrogens is 2. The Balaban J connectivity index is 1.52. The lowest BCUT2D eigenvalue weighted by atomic mass is 10.2. The number of fused-ring (bicyclic) bond motifs is 1. The summed E-state index contributed by atoms with van der Waals surface area (Å²) in [6, 6.07) is 23.5. The quantitative estimate of drug-likeness (QED) is 0.403. The van der Waals surface area contributed by atoms with Crippen LogP contribution in [0, 0.1) is 0 Å². The van der Waals surface area contributed by atoms with Crippen LogP contribution in [0.3, 0.4) is 0 Å². The Labute approximate surface area is 185 Å². The second kappa shape index (κ2) is 9.57. The number of nitrogens with one attached hydrogen (secondary N) is 1. The zero-order valence-electron chi connectivity index (χ0n) is 17.4. The molecule has 1 aromatic heterocycles. The second-order valence-electron chi connectivity index (χ2n) is 6.86. The van der Waals surface area contributed by atoms with Gasteiger partial charge in [0.05, 0.1) is 43.2 Å². The van der Waals surface area contributed by atoms with Crippen molar-refractivity contribution in [2.24, 2.45) is 0 Å². The summed E-state index contributed by atoms with van der Waals surface area (Å²) in [5.41, 5.74) is 3.71. The first-order valence-electron chi connectivity index (χ1n) is 9.82. The van der Waals surface area contributed by atoms with Crippen LogP contribution in [-0.2, 0) is 11.3 Å². The molecule has 7 heteroatoms. The SMILES string of the molecule is COc1ccc(OC)c(NC(=O)CSc2nc3ccccc3n2Cc2ccccc2)c1. The molecule has 0 saturated carbocycles. The number of hydrogen-bond acceptors (Lipinski definition) is 5. The number of methoxy groups -OCH3 is 2. The first-order valence-corrected chi connectivity index (χ1v) is 10.8. The van der Waals surface area contributed by atoms with Gasteiger partial charge in [-0.05, 0) is 29.8 Å². The number of para-hydroxylation sites is 2. The van der Waals surface area contributed by atoms with Crippen molar-refractivity contribution in [3.05, 3.63) is 78.4 Å². The highest BCUT2D eigenvalue weighted by Gasteiger charge is 2.15. The Hall–Kier alpha value is -3.45. The highest BCUT2D eigenvalue weighted by molar-refractivity contribution is 7.99. The fraction of sp³-hybridized carbons (Fsp3) is 0.167. The molecule has 1 N–H and O–H groups in total. The van der Waals surface area contributed by atoms with Gasteiger partial charge in [-0.25, -0.2) is 4.98 Å². The summed E-state index contributed by atoms with van der Waals surface area (Å²) in [5, 5.41) is 3.71. The Morgan fingerprint density at radius 2 is 1.77 bits per heavy atom. The van der Waals surface area contributed by atoms with E-state index in [1.54, 1.807) is 32.4 Å². The minimum Gasteiger partial charge on any atom is -0.497 e. The smallest absolute Gasteiger partial charge is 0.234 e. The van der Waals surface area contributed by atoms with Crippen molar-refractivity contribution in [3.63, 3.8) is 0 Å². The van der Waals surface area contributed by atoms with Gasteiger partial charge in [0, 0.05) is 6.07 Å². The van der Waals surface area contributed by atoms with Gasteiger partial charge in [0.25, 0.3) is 0 Å². The summed E-state index contributed by atoms with van der Waals surface area (Å²) >= 11 is 1.41. The number of rotatable bonds is 8. The van der Waals surface area contributed by atoms with Crippen LogP contribution in [-0.4, -0.2) is 35.4 Å². The number of carbonyl (C=O) groups excluding carboxylic acids is 1. The van der Waals surface area contributed by atoms with Crippen LogP contribution in [0.15, 0.2) is 78.0 Å². The number of imidazole rings is 1. The summed E-state index contributed by atoms with van der Waals surface area (Å²) in [7, 11) is 3.15. The van der Waals surface area contributed by atoms with Crippen LogP contribution < -0.4 is 14.8 Å². The summed E-state index contributed by atoms with van der Waals surface area (Å²) < 4.78 is 12.7. The van der Waals surface area contributed by atoms with Crippen LogP contribution in [0.5, 0.6) is 11.5 Å². The van der Waals surface area contributed by atoms with E-state index in [-0.39, 0.29) is 11.7 Å². The fourth-order valence-corrected chi connectivity index (χ4v) is 4.12. The normalized spacial score (nSPS) is 10.8. The van der Waals surface area contributed by atoms with Crippen molar-refractivity contribution in [1.29, 1.82) is 0 Å². The molecule has 6 nitrogen and oxygen atoms in total. The third-order valence-electron chi connectivity index (χ3n) is 4.82. The molecule has 0 saturated heterocycles. The molecule has 0 aliphatic rings. The van der Waals surface area contributed by atoms with Crippen molar-refractivity contribution in [1.82, 2.24) is 9.55 Å². The molecule has 0 atom stereocenters. The average Bonchev–Trinajstić information content (AvgIpc) is 3.15. The molecule has 0 unspecified atom stereocenters. The highest BCUT2D eigenvalue weighted by atomic mass is 32.2. The molecule has 158 valence electrons. The number of nitrogens with zero attached hydrogens (tertiary/aromatic N) is 2. The lowest BCUT2D eigenvalue weighted by Crippen LogP contribution is -2.15. The van der Waals surface area contributed by atoms with E-state index in [0.29, 0.717) is 23.7 Å². The van der Waals surface area contributed by atoms with Gasteiger partial charge in [-0.15, -0.1) is 0 Å². The summed E-state index contributed by atoms with van der Waals surface area (Å²) in [6.07, 6.45) is 0. The lowest BCUT2D eigenvalue weighted by molar-refractivity contribution is -0.113. The summed E-state index contributed by atoms with van der Waals surface area (Å²) in [4.78, 5) is 17.4. The third kappa shape index (κ3) is 4.83. The molecular formula is C24H23N3O3S. The van der Waals surface area contributed by atoms with E-state index in [1.165, 1.54) is 17.3 Å². The first-order chi connectivity index (χ1) is 15.2. The van der Waals surface area contributed by atoms with E-state index in [2.05, 4.69) is 28.1 Å². The lowest BCUT2D eigenvalue weighted by Gasteiger charge is -2.12. The van der Waals surface area contributed by atoms with E-state index in [4.69, 9.17) is 14.5 Å². The monoisotopic (exact) mass is 433 g/mol. The van der Waals surface area contributed by atoms with Crippen LogP contribution in [0.25, 0.3) is 11.0 Å². The first kappa shape index (κ1) is 20.8. The van der Waals surface area contributed by atoms with Crippen LogP contribution >= 0.6 is 11.8 Å². The summed E-state index contributed by atoms with van der Waals surface area (Å²) in [5.74, 6) is 1.30. The molecule has 1 heterocycles. The van der Waals surface area contributed by atoms with Gasteiger partial charge < -0.3 is 19.4 Å². The molecule has 0 aliphatic carbocycles. The predicted molar refractivity (Wildman–Crippen MR) is 124 cm³/mol. The maximum Gasteiger partial charge on any atom is 0.234 e. The predicted octanol–water partition coefficient (Wildman–Crippen LogP) is 4.83. The number of hydrogen-bond donors (Lipinski definition) is 1. The van der Waals surface area contributed by atoms with Crippen molar-refractivity contribution in [2.75, 3.05) is 25.3 Å². The van der Waals surface area contributed by atoms with Crippen molar-refractivity contribution >= 4 is 34.4 Å². The number of thioether (sulfide) groups is 1. The van der Waals surface area contributed by atoms with E-state index >= 15 is 0 Å². The molecule has 0 radical (unpaired) electrons. The molecule has 31 heavy (non-hydrogen) atoms. The maximum absolute atomic E-state index is 12.7. The number of benzene rings is 3. The number of ether oxygens (including phenoxy) is 2. The van der Waals surface area contributed by atoms with E-state index < -0.39 is 0 Å². The van der Waals surface area contributed by atoms with Crippen LogP contribution in [0.2, 0.25) is 0 Å². The standard InChI is InChI=1S/C24H23N3O3S/c1-29-18-12-13-22(30-2)20(14-18)25-23(28)16-31-24-26-19-10-6-7-11-21(19)27(24)15-17-8-4-3-5-9-17/h3-14H,15-16H2,1-2H3,(H,25,28). The van der Waals surface area contributed by atoms with Crippen molar-refractivity contribution in [2.45, 2.75) is 11.7 Å². The largest absolute Gasteiger partial charge is 0.497 e. The third-order valence-corrected chi connectivity index (χ3v) is 5.79. The molecule has 4 rings (SSSR count). The molecule has 1 amide bonds. The summed E-state index contributed by atoms with van der Waals surface area (Å²) in [6.45, 7) is 0.689. The van der Waals surface area contributed by atoms with E-state index in [0.717, 1.165) is 16.2 Å². The van der Waals surface area contributed by atoms with Gasteiger partial charge in [-0.2, -0.15) is 0 Å². The second-order valence-corrected chi connectivity index (χ2v) is 7.80. The molecule has 4 aromatic rings. The zero-order chi connectivity index (χ0) is 21.6.